The normalized spacial score (nSPS) is 26.1. The smallest absolute Gasteiger partial charge is 0.410 e. The van der Waals surface area contributed by atoms with Crippen LogP contribution in [-0.2, 0) is 32.2 Å². The van der Waals surface area contributed by atoms with Gasteiger partial charge >= 0.3 is 18.2 Å². The molecule has 1 aromatic carbocycles. The van der Waals surface area contributed by atoms with Crippen molar-refractivity contribution in [3.05, 3.63) is 29.3 Å². The zero-order chi connectivity index (χ0) is 30.7. The number of carbonyl (C=O) groups is 4. The van der Waals surface area contributed by atoms with Crippen LogP contribution in [0.4, 0.5) is 9.59 Å². The second-order valence-electron chi connectivity index (χ2n) is 13.5. The number of ether oxygens (including phenoxy) is 3. The van der Waals surface area contributed by atoms with Crippen molar-refractivity contribution < 1.29 is 38.5 Å². The van der Waals surface area contributed by atoms with Gasteiger partial charge in [0, 0.05) is 18.5 Å². The largest absolute Gasteiger partial charge is 0.493 e. The highest BCUT2D eigenvalue weighted by molar-refractivity contribution is 5.90. The van der Waals surface area contributed by atoms with E-state index in [2.05, 4.69) is 5.32 Å². The van der Waals surface area contributed by atoms with E-state index in [0.717, 1.165) is 49.0 Å². The maximum atomic E-state index is 13.8. The molecule has 3 aliphatic rings. The SMILES string of the molecule is CC1(C)CCCCCCOc2cccc3c2CN(C3)C(=O)O[C@@H]2CC(C(=O)O)N(C2)C(=O)[C@H](C(C)(C)C)NC(=O)OC1. The van der Waals surface area contributed by atoms with Crippen molar-refractivity contribution in [2.45, 2.75) is 104 Å². The van der Waals surface area contributed by atoms with Crippen molar-refractivity contribution in [1.82, 2.24) is 15.1 Å². The average Bonchev–Trinajstić information content (AvgIpc) is 3.54. The summed E-state index contributed by atoms with van der Waals surface area (Å²) in [6, 6.07) is 3.55. The van der Waals surface area contributed by atoms with Crippen molar-refractivity contribution >= 4 is 24.1 Å². The Balaban J connectivity index is 1.55. The lowest BCUT2D eigenvalue weighted by molar-refractivity contribution is -0.150. The van der Waals surface area contributed by atoms with Gasteiger partial charge in [-0.3, -0.25) is 9.69 Å². The third kappa shape index (κ3) is 7.66. The number of fused-ring (bicyclic) bond motifs is 3. The summed E-state index contributed by atoms with van der Waals surface area (Å²) in [5.74, 6) is -0.998. The minimum Gasteiger partial charge on any atom is -0.493 e. The van der Waals surface area contributed by atoms with Crippen molar-refractivity contribution in [2.24, 2.45) is 10.8 Å². The quantitative estimate of drug-likeness (QED) is 0.483. The molecule has 3 aliphatic heterocycles. The van der Waals surface area contributed by atoms with E-state index < -0.39 is 47.7 Å². The molecule has 3 atom stereocenters. The van der Waals surface area contributed by atoms with E-state index in [1.54, 1.807) is 25.7 Å². The summed E-state index contributed by atoms with van der Waals surface area (Å²) in [6.45, 7) is 10.8. The first-order valence-corrected chi connectivity index (χ1v) is 14.9. The molecule has 4 rings (SSSR count). The summed E-state index contributed by atoms with van der Waals surface area (Å²) in [6.07, 6.45) is 2.63. The number of hydrogen-bond donors (Lipinski definition) is 2. The minimum atomic E-state index is -1.20. The lowest BCUT2D eigenvalue weighted by Gasteiger charge is -2.34. The summed E-state index contributed by atoms with van der Waals surface area (Å²) in [5.41, 5.74) is 0.946. The second kappa shape index (κ2) is 12.8. The third-order valence-electron chi connectivity index (χ3n) is 8.27. The van der Waals surface area contributed by atoms with Crippen LogP contribution >= 0.6 is 0 Å². The topological polar surface area (TPSA) is 135 Å². The molecular formula is C31H45N3O8. The monoisotopic (exact) mass is 587 g/mol. The number of rotatable bonds is 1. The summed E-state index contributed by atoms with van der Waals surface area (Å²) < 4.78 is 17.4. The maximum Gasteiger partial charge on any atom is 0.410 e. The molecule has 1 unspecified atom stereocenters. The molecule has 11 heteroatoms. The fourth-order valence-corrected chi connectivity index (χ4v) is 5.78. The molecule has 2 N–H and O–H groups in total. The number of carboxylic acids is 1. The third-order valence-corrected chi connectivity index (χ3v) is 8.27. The molecule has 3 heterocycles. The fraction of sp³-hybridized carbons (Fsp3) is 0.677. The standard InChI is InChI=1S/C31H45N3O8/c1-30(2,3)25-26(35)34-17-21(15-23(34)27(36)37)42-29(39)33-16-20-11-10-12-24(22(20)18-33)40-14-9-7-6-8-13-31(4,5)19-41-28(38)32-25/h10-12,21,23,25H,6-9,13-19H2,1-5H3,(H,32,38)(H,36,37)/t21-,23?,25-/m1/s1. The van der Waals surface area contributed by atoms with Crippen LogP contribution in [0, 0.1) is 10.8 Å². The van der Waals surface area contributed by atoms with Gasteiger partial charge in [-0.25, -0.2) is 14.4 Å². The van der Waals surface area contributed by atoms with Crippen LogP contribution in [0.1, 0.15) is 84.3 Å². The number of carbonyl (C=O) groups excluding carboxylic acids is 3. The van der Waals surface area contributed by atoms with Gasteiger partial charge in [0.1, 0.15) is 23.9 Å². The average molecular weight is 588 g/mol. The lowest BCUT2D eigenvalue weighted by Crippen LogP contribution is -2.57. The van der Waals surface area contributed by atoms with Crippen LogP contribution in [-0.4, -0.2) is 76.9 Å². The van der Waals surface area contributed by atoms with E-state index in [9.17, 15) is 24.3 Å². The first kappa shape index (κ1) is 31.4. The highest BCUT2D eigenvalue weighted by Gasteiger charge is 2.47. The van der Waals surface area contributed by atoms with Gasteiger partial charge in [0.25, 0.3) is 0 Å². The number of alkyl carbamates (subject to hydrolysis) is 1. The van der Waals surface area contributed by atoms with Crippen LogP contribution in [0.2, 0.25) is 0 Å². The Bertz CT molecular complexity index is 1180. The number of aliphatic carboxylic acids is 1. The summed E-state index contributed by atoms with van der Waals surface area (Å²) in [4.78, 5) is 54.7. The summed E-state index contributed by atoms with van der Waals surface area (Å²) in [5, 5.41) is 12.6. The highest BCUT2D eigenvalue weighted by atomic mass is 16.6. The maximum absolute atomic E-state index is 13.8. The Morgan fingerprint density at radius 2 is 1.79 bits per heavy atom. The van der Waals surface area contributed by atoms with Crippen molar-refractivity contribution in [3.8, 4) is 5.75 Å². The first-order chi connectivity index (χ1) is 19.7. The summed E-state index contributed by atoms with van der Waals surface area (Å²) in [7, 11) is 0. The summed E-state index contributed by atoms with van der Waals surface area (Å²) >= 11 is 0. The second-order valence-corrected chi connectivity index (χ2v) is 13.5. The Morgan fingerprint density at radius 1 is 1.05 bits per heavy atom. The molecule has 0 aromatic heterocycles. The molecule has 1 fully saturated rings. The van der Waals surface area contributed by atoms with E-state index in [1.807, 2.05) is 32.0 Å². The highest BCUT2D eigenvalue weighted by Crippen LogP contribution is 2.33. The molecule has 0 spiro atoms. The lowest BCUT2D eigenvalue weighted by atomic mass is 9.85. The van der Waals surface area contributed by atoms with Gasteiger partial charge in [0.05, 0.1) is 26.3 Å². The number of hydrogen-bond acceptors (Lipinski definition) is 7. The molecule has 4 bridgehead atoms. The molecule has 1 saturated heterocycles. The molecule has 232 valence electrons. The van der Waals surface area contributed by atoms with Crippen molar-refractivity contribution in [1.29, 1.82) is 0 Å². The number of carboxylic acid groups (broad SMARTS) is 1. The van der Waals surface area contributed by atoms with E-state index >= 15 is 0 Å². The zero-order valence-corrected chi connectivity index (χ0v) is 25.4. The van der Waals surface area contributed by atoms with E-state index in [0.29, 0.717) is 19.7 Å². The van der Waals surface area contributed by atoms with Gasteiger partial charge < -0.3 is 29.5 Å². The molecule has 42 heavy (non-hydrogen) atoms. The molecule has 0 radical (unpaired) electrons. The van der Waals surface area contributed by atoms with E-state index in [1.165, 1.54) is 4.90 Å². The van der Waals surface area contributed by atoms with Crippen molar-refractivity contribution in [3.63, 3.8) is 0 Å². The van der Waals surface area contributed by atoms with Crippen molar-refractivity contribution in [2.75, 3.05) is 19.8 Å². The minimum absolute atomic E-state index is 0.0442. The fourth-order valence-electron chi connectivity index (χ4n) is 5.78. The Labute approximate surface area is 247 Å². The first-order valence-electron chi connectivity index (χ1n) is 14.9. The zero-order valence-electron chi connectivity index (χ0n) is 25.4. The van der Waals surface area contributed by atoms with Gasteiger partial charge in [0.15, 0.2) is 0 Å². The van der Waals surface area contributed by atoms with Gasteiger partial charge in [-0.2, -0.15) is 0 Å². The van der Waals surface area contributed by atoms with Gasteiger partial charge in [0.2, 0.25) is 5.91 Å². The number of nitrogens with zero attached hydrogens (tertiary/aromatic N) is 2. The van der Waals surface area contributed by atoms with E-state index in [-0.39, 0.29) is 25.0 Å². The van der Waals surface area contributed by atoms with Gasteiger partial charge in [-0.1, -0.05) is 66.0 Å². The Morgan fingerprint density at radius 3 is 2.50 bits per heavy atom. The van der Waals surface area contributed by atoms with Crippen LogP contribution in [0.3, 0.4) is 0 Å². The molecule has 0 saturated carbocycles. The Hall–Kier alpha value is -3.50. The van der Waals surface area contributed by atoms with Gasteiger partial charge in [-0.15, -0.1) is 0 Å². The number of benzene rings is 1. The predicted octanol–water partition coefficient (Wildman–Crippen LogP) is 4.70. The van der Waals surface area contributed by atoms with E-state index in [4.69, 9.17) is 14.2 Å². The van der Waals surface area contributed by atoms with Crippen LogP contribution < -0.4 is 10.1 Å². The molecule has 3 amide bonds. The van der Waals surface area contributed by atoms with Crippen LogP contribution in [0.15, 0.2) is 18.2 Å². The predicted molar refractivity (Wildman–Crippen MR) is 154 cm³/mol. The molecular weight excluding hydrogens is 542 g/mol. The van der Waals surface area contributed by atoms with Gasteiger partial charge in [-0.05, 0) is 35.3 Å². The number of cyclic esters (lactones) is 1. The van der Waals surface area contributed by atoms with Crippen LogP contribution in [0.5, 0.6) is 5.75 Å². The number of nitrogens with one attached hydrogen (secondary N) is 1. The Kier molecular flexibility index (Phi) is 9.57. The number of amides is 3. The molecule has 1 aromatic rings. The molecule has 11 nitrogen and oxygen atoms in total. The molecule has 0 aliphatic carbocycles. The van der Waals surface area contributed by atoms with Crippen LogP contribution in [0.25, 0.3) is 0 Å².